The van der Waals surface area contributed by atoms with Crippen molar-refractivity contribution in [2.45, 2.75) is 45.7 Å². The summed E-state index contributed by atoms with van der Waals surface area (Å²) in [7, 11) is 0. The molecule has 4 heterocycles. The van der Waals surface area contributed by atoms with E-state index in [1.807, 2.05) is 18.7 Å². The van der Waals surface area contributed by atoms with E-state index in [9.17, 15) is 0 Å². The second kappa shape index (κ2) is 6.72. The second-order valence-corrected chi connectivity index (χ2v) is 11.2. The Hall–Kier alpha value is -0.700. The molecule has 8 heteroatoms. The summed E-state index contributed by atoms with van der Waals surface area (Å²) in [6, 6.07) is 0. The molecular formula is C18H22N4S4. The molecule has 0 bridgehead atoms. The van der Waals surface area contributed by atoms with Crippen LogP contribution in [0.3, 0.4) is 0 Å². The van der Waals surface area contributed by atoms with Crippen LogP contribution < -0.4 is 0 Å². The average Bonchev–Trinajstić information content (AvgIpc) is 3.33. The van der Waals surface area contributed by atoms with Crippen LogP contribution in [0.5, 0.6) is 0 Å². The van der Waals surface area contributed by atoms with E-state index in [1.165, 1.54) is 5.04 Å². The standard InChI is InChI=1S/C18H22N4S4/c1-10(2)13-21-18(5,8-25-13)16-20-12(7-24-16)14-22-17(4,9-26-14)15-19-11(3)6-23-15/h6-7,10H,8-9H2,1-5H3/t17-,18-/m0/s1. The van der Waals surface area contributed by atoms with Gasteiger partial charge in [-0.15, -0.1) is 46.2 Å². The summed E-state index contributed by atoms with van der Waals surface area (Å²) >= 11 is 7.06. The minimum Gasteiger partial charge on any atom is -0.268 e. The minimum absolute atomic E-state index is 0.202. The third-order valence-corrected chi connectivity index (χ3v) is 9.61. The van der Waals surface area contributed by atoms with E-state index in [0.29, 0.717) is 5.92 Å². The molecule has 0 saturated carbocycles. The van der Waals surface area contributed by atoms with Gasteiger partial charge in [0.25, 0.3) is 0 Å². The van der Waals surface area contributed by atoms with E-state index in [0.717, 1.165) is 38.0 Å². The molecule has 26 heavy (non-hydrogen) atoms. The average molecular weight is 423 g/mol. The molecule has 4 rings (SSSR count). The van der Waals surface area contributed by atoms with E-state index in [4.69, 9.17) is 15.0 Å². The topological polar surface area (TPSA) is 50.5 Å². The van der Waals surface area contributed by atoms with Gasteiger partial charge >= 0.3 is 0 Å². The van der Waals surface area contributed by atoms with Gasteiger partial charge in [-0.2, -0.15) is 0 Å². The maximum atomic E-state index is 5.01. The molecule has 0 N–H and O–H groups in total. The van der Waals surface area contributed by atoms with Gasteiger partial charge in [0.05, 0.1) is 5.04 Å². The highest BCUT2D eigenvalue weighted by Gasteiger charge is 2.39. The highest BCUT2D eigenvalue weighted by atomic mass is 32.2. The number of hydrogen-bond donors (Lipinski definition) is 0. The van der Waals surface area contributed by atoms with Gasteiger partial charge in [-0.3, -0.25) is 9.98 Å². The van der Waals surface area contributed by atoms with Crippen LogP contribution >= 0.6 is 46.2 Å². The SMILES string of the molecule is Cc1csc([C@]2(C)CSC(c3csc([C@]4(C)CSC(C(C)C)=N4)n3)=N2)n1. The highest BCUT2D eigenvalue weighted by molar-refractivity contribution is 8.14. The van der Waals surface area contributed by atoms with E-state index in [-0.39, 0.29) is 11.1 Å². The molecule has 0 unspecified atom stereocenters. The van der Waals surface area contributed by atoms with Gasteiger partial charge in [-0.25, -0.2) is 9.97 Å². The Morgan fingerprint density at radius 1 is 0.923 bits per heavy atom. The lowest BCUT2D eigenvalue weighted by Crippen LogP contribution is -2.19. The number of aryl methyl sites for hydroxylation is 1. The summed E-state index contributed by atoms with van der Waals surface area (Å²) < 4.78 is 0. The lowest BCUT2D eigenvalue weighted by atomic mass is 10.1. The van der Waals surface area contributed by atoms with Crippen molar-refractivity contribution in [2.24, 2.45) is 15.9 Å². The van der Waals surface area contributed by atoms with Crippen LogP contribution in [-0.2, 0) is 11.1 Å². The van der Waals surface area contributed by atoms with Crippen molar-refractivity contribution in [3.8, 4) is 0 Å². The van der Waals surface area contributed by atoms with Crippen LogP contribution in [0.2, 0.25) is 0 Å². The van der Waals surface area contributed by atoms with Crippen LogP contribution in [-0.4, -0.2) is 31.6 Å². The van der Waals surface area contributed by atoms with Crippen molar-refractivity contribution in [1.29, 1.82) is 0 Å². The zero-order valence-electron chi connectivity index (χ0n) is 15.6. The number of nitrogens with zero attached hydrogens (tertiary/aromatic N) is 4. The zero-order chi connectivity index (χ0) is 18.5. The van der Waals surface area contributed by atoms with Gasteiger partial charge in [0.1, 0.15) is 31.8 Å². The molecule has 2 aromatic rings. The highest BCUT2D eigenvalue weighted by Crippen LogP contribution is 2.42. The van der Waals surface area contributed by atoms with Crippen LogP contribution in [0.1, 0.15) is 49.1 Å². The Morgan fingerprint density at radius 3 is 2.23 bits per heavy atom. The number of aromatic nitrogens is 2. The predicted molar refractivity (Wildman–Crippen MR) is 117 cm³/mol. The Morgan fingerprint density at radius 2 is 1.58 bits per heavy atom. The second-order valence-electron chi connectivity index (χ2n) is 7.48. The molecule has 0 spiro atoms. The summed E-state index contributed by atoms with van der Waals surface area (Å²) in [5.41, 5.74) is 1.62. The molecule has 0 saturated heterocycles. The molecular weight excluding hydrogens is 400 g/mol. The van der Waals surface area contributed by atoms with E-state index < -0.39 is 0 Å². The van der Waals surface area contributed by atoms with Gasteiger partial charge in [-0.1, -0.05) is 13.8 Å². The summed E-state index contributed by atoms with van der Waals surface area (Å²) in [4.78, 5) is 19.6. The van der Waals surface area contributed by atoms with Gasteiger partial charge in [0, 0.05) is 33.9 Å². The monoisotopic (exact) mass is 422 g/mol. The Labute approximate surface area is 171 Å². The number of rotatable bonds is 4. The molecule has 0 aromatic carbocycles. The smallest absolute Gasteiger partial charge is 0.122 e. The quantitative estimate of drug-likeness (QED) is 0.668. The molecule has 138 valence electrons. The first-order valence-electron chi connectivity index (χ1n) is 8.63. The third kappa shape index (κ3) is 3.30. The first-order chi connectivity index (χ1) is 12.3. The van der Waals surface area contributed by atoms with Crippen molar-refractivity contribution >= 4 is 56.3 Å². The Balaban J connectivity index is 1.60. The fraction of sp³-hybridized carbons (Fsp3) is 0.556. The molecule has 2 aromatic heterocycles. The third-order valence-electron chi connectivity index (χ3n) is 4.45. The Kier molecular flexibility index (Phi) is 4.82. The van der Waals surface area contributed by atoms with Crippen LogP contribution in [0.25, 0.3) is 0 Å². The molecule has 0 radical (unpaired) electrons. The van der Waals surface area contributed by atoms with Gasteiger partial charge < -0.3 is 0 Å². The normalized spacial score (nSPS) is 28.7. The maximum absolute atomic E-state index is 5.01. The number of thioether (sulfide) groups is 2. The van der Waals surface area contributed by atoms with Crippen LogP contribution in [0.15, 0.2) is 20.7 Å². The minimum atomic E-state index is -0.237. The first-order valence-corrected chi connectivity index (χ1v) is 12.4. The summed E-state index contributed by atoms with van der Waals surface area (Å²) in [6.45, 7) is 10.8. The fourth-order valence-corrected chi connectivity index (χ4v) is 7.32. The van der Waals surface area contributed by atoms with Crippen molar-refractivity contribution in [3.63, 3.8) is 0 Å². The van der Waals surface area contributed by atoms with Crippen molar-refractivity contribution in [1.82, 2.24) is 9.97 Å². The molecule has 4 nitrogen and oxygen atoms in total. The number of aliphatic imine (C=N–C) groups is 2. The lowest BCUT2D eigenvalue weighted by Gasteiger charge is -2.16. The zero-order valence-corrected chi connectivity index (χ0v) is 18.8. The largest absolute Gasteiger partial charge is 0.268 e. The summed E-state index contributed by atoms with van der Waals surface area (Å²) in [6.07, 6.45) is 0. The molecule has 2 aliphatic heterocycles. The van der Waals surface area contributed by atoms with E-state index in [2.05, 4.69) is 43.4 Å². The predicted octanol–water partition coefficient (Wildman–Crippen LogP) is 5.33. The lowest BCUT2D eigenvalue weighted by molar-refractivity contribution is 0.570. The van der Waals surface area contributed by atoms with Crippen molar-refractivity contribution in [3.05, 3.63) is 32.2 Å². The van der Waals surface area contributed by atoms with Crippen LogP contribution in [0.4, 0.5) is 0 Å². The van der Waals surface area contributed by atoms with Gasteiger partial charge in [-0.05, 0) is 20.8 Å². The van der Waals surface area contributed by atoms with Crippen molar-refractivity contribution in [2.75, 3.05) is 11.5 Å². The maximum Gasteiger partial charge on any atom is 0.122 e. The van der Waals surface area contributed by atoms with Crippen LogP contribution in [0, 0.1) is 12.8 Å². The summed E-state index contributed by atoms with van der Waals surface area (Å²) in [5.74, 6) is 2.38. The molecule has 2 aliphatic rings. The van der Waals surface area contributed by atoms with E-state index >= 15 is 0 Å². The molecule has 0 fully saturated rings. The Bertz CT molecular complexity index is 897. The van der Waals surface area contributed by atoms with Gasteiger partial charge in [0.15, 0.2) is 0 Å². The molecule has 0 aliphatic carbocycles. The van der Waals surface area contributed by atoms with Gasteiger partial charge in [0.2, 0.25) is 0 Å². The summed E-state index contributed by atoms with van der Waals surface area (Å²) in [5, 5.41) is 8.70. The first kappa shape index (κ1) is 18.7. The number of hydrogen-bond acceptors (Lipinski definition) is 8. The van der Waals surface area contributed by atoms with E-state index in [1.54, 1.807) is 34.4 Å². The molecule has 0 amide bonds. The molecule has 2 atom stereocenters. The number of thiazole rings is 2. The van der Waals surface area contributed by atoms with Crippen molar-refractivity contribution < 1.29 is 0 Å². The fourth-order valence-electron chi connectivity index (χ4n) is 2.89.